The van der Waals surface area contributed by atoms with Crippen LogP contribution in [0.2, 0.25) is 0 Å². The van der Waals surface area contributed by atoms with Gasteiger partial charge in [-0.1, -0.05) is 52.4 Å². The van der Waals surface area contributed by atoms with Gasteiger partial charge in [-0.3, -0.25) is 4.79 Å². The van der Waals surface area contributed by atoms with Gasteiger partial charge < -0.3 is 4.74 Å². The zero-order chi connectivity index (χ0) is 13.2. The average molecular weight is 254 g/mol. The van der Waals surface area contributed by atoms with Crippen molar-refractivity contribution < 1.29 is 9.53 Å². The number of ketones is 1. The summed E-state index contributed by atoms with van der Waals surface area (Å²) in [5.41, 5.74) is 0. The maximum absolute atomic E-state index is 12.1. The standard InChI is InChI=1S/C16H30O2/c1-3-5-10-14(4-2)16(17)13-18-15-11-8-6-7-9-12-15/h14-15H,3-13H2,1-2H3. The van der Waals surface area contributed by atoms with Crippen molar-refractivity contribution in [2.45, 2.75) is 84.2 Å². The number of Topliss-reactive ketones (excluding diaryl/α,β-unsaturated/α-hetero) is 1. The molecule has 0 bridgehead atoms. The highest BCUT2D eigenvalue weighted by Gasteiger charge is 2.19. The van der Waals surface area contributed by atoms with E-state index >= 15 is 0 Å². The van der Waals surface area contributed by atoms with E-state index in [1.165, 1.54) is 32.1 Å². The van der Waals surface area contributed by atoms with Gasteiger partial charge >= 0.3 is 0 Å². The molecule has 0 aromatic carbocycles. The second-order valence-corrected chi connectivity index (χ2v) is 5.64. The molecule has 106 valence electrons. The van der Waals surface area contributed by atoms with Crippen molar-refractivity contribution in [2.75, 3.05) is 6.61 Å². The summed E-state index contributed by atoms with van der Waals surface area (Å²) in [6.45, 7) is 4.65. The minimum Gasteiger partial charge on any atom is -0.370 e. The molecule has 1 aliphatic rings. The zero-order valence-corrected chi connectivity index (χ0v) is 12.2. The van der Waals surface area contributed by atoms with Crippen LogP contribution in [0.5, 0.6) is 0 Å². The molecule has 1 aliphatic carbocycles. The lowest BCUT2D eigenvalue weighted by atomic mass is 9.95. The van der Waals surface area contributed by atoms with Crippen LogP contribution in [0, 0.1) is 5.92 Å². The quantitative estimate of drug-likeness (QED) is 0.596. The molecule has 2 nitrogen and oxygen atoms in total. The third kappa shape index (κ3) is 5.99. The number of carbonyl (C=O) groups is 1. The zero-order valence-electron chi connectivity index (χ0n) is 12.2. The van der Waals surface area contributed by atoms with Gasteiger partial charge in [-0.05, 0) is 25.7 Å². The second kappa shape index (κ2) is 9.55. The minimum absolute atomic E-state index is 0.232. The molecule has 0 spiro atoms. The van der Waals surface area contributed by atoms with Gasteiger partial charge in [-0.2, -0.15) is 0 Å². The largest absolute Gasteiger partial charge is 0.370 e. The van der Waals surface area contributed by atoms with Gasteiger partial charge in [0, 0.05) is 5.92 Å². The summed E-state index contributed by atoms with van der Waals surface area (Å²) < 4.78 is 5.84. The molecule has 0 aromatic rings. The number of rotatable bonds is 8. The first kappa shape index (κ1) is 15.7. The van der Waals surface area contributed by atoms with Crippen molar-refractivity contribution in [3.05, 3.63) is 0 Å². The Balaban J connectivity index is 2.24. The molecule has 0 heterocycles. The molecule has 2 heteroatoms. The summed E-state index contributed by atoms with van der Waals surface area (Å²) in [7, 11) is 0. The summed E-state index contributed by atoms with van der Waals surface area (Å²) in [6, 6.07) is 0. The molecule has 18 heavy (non-hydrogen) atoms. The molecular weight excluding hydrogens is 224 g/mol. The maximum Gasteiger partial charge on any atom is 0.161 e. The van der Waals surface area contributed by atoms with Crippen LogP contribution in [-0.4, -0.2) is 18.5 Å². The minimum atomic E-state index is 0.232. The van der Waals surface area contributed by atoms with Crippen molar-refractivity contribution in [3.63, 3.8) is 0 Å². The first-order valence-electron chi connectivity index (χ1n) is 7.92. The average Bonchev–Trinajstić information content (AvgIpc) is 2.65. The topological polar surface area (TPSA) is 26.3 Å². The summed E-state index contributed by atoms with van der Waals surface area (Å²) >= 11 is 0. The summed E-state index contributed by atoms with van der Waals surface area (Å²) in [4.78, 5) is 12.1. The predicted molar refractivity (Wildman–Crippen MR) is 75.8 cm³/mol. The molecule has 1 fully saturated rings. The Morgan fingerprint density at radius 1 is 1.17 bits per heavy atom. The summed E-state index contributed by atoms with van der Waals surface area (Å²) in [6.07, 6.45) is 12.2. The molecule has 1 saturated carbocycles. The van der Waals surface area contributed by atoms with E-state index in [0.29, 0.717) is 18.5 Å². The number of hydrogen-bond acceptors (Lipinski definition) is 2. The molecular formula is C16H30O2. The van der Waals surface area contributed by atoms with Gasteiger partial charge in [-0.15, -0.1) is 0 Å². The predicted octanol–water partition coefficient (Wildman–Crippen LogP) is 4.51. The molecule has 0 amide bonds. The van der Waals surface area contributed by atoms with Crippen LogP contribution < -0.4 is 0 Å². The van der Waals surface area contributed by atoms with E-state index in [1.54, 1.807) is 0 Å². The Labute approximate surface area is 112 Å². The van der Waals surface area contributed by atoms with Crippen LogP contribution in [0.3, 0.4) is 0 Å². The molecule has 0 radical (unpaired) electrons. The first-order valence-corrected chi connectivity index (χ1v) is 7.92. The summed E-state index contributed by atoms with van der Waals surface area (Å²) in [5.74, 6) is 0.561. The Morgan fingerprint density at radius 2 is 1.83 bits per heavy atom. The van der Waals surface area contributed by atoms with Crippen LogP contribution >= 0.6 is 0 Å². The van der Waals surface area contributed by atoms with Gasteiger partial charge in [-0.25, -0.2) is 0 Å². The van der Waals surface area contributed by atoms with Crippen molar-refractivity contribution in [1.29, 1.82) is 0 Å². The Kier molecular flexibility index (Phi) is 8.32. The van der Waals surface area contributed by atoms with Crippen molar-refractivity contribution in [1.82, 2.24) is 0 Å². The van der Waals surface area contributed by atoms with E-state index in [-0.39, 0.29) is 5.92 Å². The third-order valence-electron chi connectivity index (χ3n) is 4.12. The highest BCUT2D eigenvalue weighted by Crippen LogP contribution is 2.21. The number of unbranched alkanes of at least 4 members (excludes halogenated alkanes) is 1. The van der Waals surface area contributed by atoms with Crippen LogP contribution in [0.1, 0.15) is 78.1 Å². The fraction of sp³-hybridized carbons (Fsp3) is 0.938. The lowest BCUT2D eigenvalue weighted by molar-refractivity contribution is -0.130. The van der Waals surface area contributed by atoms with Crippen molar-refractivity contribution >= 4 is 5.78 Å². The van der Waals surface area contributed by atoms with Gasteiger partial charge in [0.05, 0.1) is 6.10 Å². The summed E-state index contributed by atoms with van der Waals surface area (Å²) in [5, 5.41) is 0. The highest BCUT2D eigenvalue weighted by atomic mass is 16.5. The number of hydrogen-bond donors (Lipinski definition) is 0. The van der Waals surface area contributed by atoms with E-state index in [9.17, 15) is 4.79 Å². The van der Waals surface area contributed by atoms with Crippen molar-refractivity contribution in [2.24, 2.45) is 5.92 Å². The Morgan fingerprint density at radius 3 is 2.39 bits per heavy atom. The van der Waals surface area contributed by atoms with Crippen LogP contribution in [0.15, 0.2) is 0 Å². The van der Waals surface area contributed by atoms with Crippen LogP contribution in [-0.2, 0) is 9.53 Å². The SMILES string of the molecule is CCCCC(CC)C(=O)COC1CCCCCC1. The molecule has 0 aliphatic heterocycles. The number of carbonyl (C=O) groups excluding carboxylic acids is 1. The molecule has 1 unspecified atom stereocenters. The Bertz CT molecular complexity index is 217. The normalized spacial score (nSPS) is 19.4. The van der Waals surface area contributed by atoms with Gasteiger partial charge in [0.15, 0.2) is 5.78 Å². The lowest BCUT2D eigenvalue weighted by Crippen LogP contribution is -2.23. The first-order chi connectivity index (χ1) is 8.77. The molecule has 0 saturated heterocycles. The van der Waals surface area contributed by atoms with E-state index in [4.69, 9.17) is 4.74 Å². The maximum atomic E-state index is 12.1. The van der Waals surface area contributed by atoms with E-state index in [1.807, 2.05) is 0 Å². The van der Waals surface area contributed by atoms with Crippen molar-refractivity contribution in [3.8, 4) is 0 Å². The van der Waals surface area contributed by atoms with E-state index < -0.39 is 0 Å². The van der Waals surface area contributed by atoms with E-state index in [2.05, 4.69) is 13.8 Å². The second-order valence-electron chi connectivity index (χ2n) is 5.64. The number of ether oxygens (including phenoxy) is 1. The smallest absolute Gasteiger partial charge is 0.161 e. The van der Waals surface area contributed by atoms with Gasteiger partial charge in [0.25, 0.3) is 0 Å². The van der Waals surface area contributed by atoms with Gasteiger partial charge in [0.2, 0.25) is 0 Å². The molecule has 0 aromatic heterocycles. The van der Waals surface area contributed by atoms with Crippen LogP contribution in [0.4, 0.5) is 0 Å². The fourth-order valence-corrected chi connectivity index (χ4v) is 2.77. The molecule has 0 N–H and O–H groups in total. The monoisotopic (exact) mass is 254 g/mol. The molecule has 1 rings (SSSR count). The highest BCUT2D eigenvalue weighted by molar-refractivity contribution is 5.82. The molecule has 1 atom stereocenters. The van der Waals surface area contributed by atoms with Crippen LogP contribution in [0.25, 0.3) is 0 Å². The fourth-order valence-electron chi connectivity index (χ4n) is 2.77. The lowest BCUT2D eigenvalue weighted by Gasteiger charge is -2.18. The van der Waals surface area contributed by atoms with E-state index in [0.717, 1.165) is 32.1 Å². The van der Waals surface area contributed by atoms with Gasteiger partial charge in [0.1, 0.15) is 6.61 Å². The third-order valence-corrected chi connectivity index (χ3v) is 4.12. The Hall–Kier alpha value is -0.370.